The fourth-order valence-corrected chi connectivity index (χ4v) is 4.26. The molecule has 1 unspecified atom stereocenters. The number of ether oxygens (including phenoxy) is 1. The Balaban J connectivity index is 1.52. The summed E-state index contributed by atoms with van der Waals surface area (Å²) in [7, 11) is 1.40. The van der Waals surface area contributed by atoms with E-state index in [-0.39, 0.29) is 29.7 Å². The van der Waals surface area contributed by atoms with Crippen LogP contribution in [0.1, 0.15) is 25.7 Å². The van der Waals surface area contributed by atoms with Crippen LogP contribution in [-0.2, 0) is 14.3 Å². The van der Waals surface area contributed by atoms with Gasteiger partial charge >= 0.3 is 12.0 Å². The van der Waals surface area contributed by atoms with Crippen LogP contribution in [0.2, 0.25) is 0 Å². The van der Waals surface area contributed by atoms with Crippen molar-refractivity contribution in [2.24, 2.45) is 11.8 Å². The van der Waals surface area contributed by atoms with Crippen molar-refractivity contribution in [1.29, 1.82) is 0 Å². The van der Waals surface area contributed by atoms with Crippen molar-refractivity contribution in [3.8, 4) is 0 Å². The van der Waals surface area contributed by atoms with E-state index in [2.05, 4.69) is 5.32 Å². The molecule has 0 radical (unpaired) electrons. The first kappa shape index (κ1) is 18.7. The smallest absolute Gasteiger partial charge is 0.322 e. The monoisotopic (exact) mass is 379 g/mol. The third kappa shape index (κ3) is 4.35. The highest BCUT2D eigenvalue weighted by molar-refractivity contribution is 7.14. The van der Waals surface area contributed by atoms with Crippen molar-refractivity contribution in [3.05, 3.63) is 17.5 Å². The lowest BCUT2D eigenvalue weighted by molar-refractivity contribution is -0.149. The normalized spacial score (nSPS) is 21.3. The van der Waals surface area contributed by atoms with Crippen molar-refractivity contribution in [3.63, 3.8) is 0 Å². The van der Waals surface area contributed by atoms with Gasteiger partial charge in [0.25, 0.3) is 0 Å². The molecule has 0 spiro atoms. The third-order valence-corrected chi connectivity index (χ3v) is 5.94. The van der Waals surface area contributed by atoms with Gasteiger partial charge in [-0.25, -0.2) is 4.79 Å². The maximum atomic E-state index is 12.8. The van der Waals surface area contributed by atoms with Crippen LogP contribution >= 0.6 is 11.3 Å². The zero-order valence-corrected chi connectivity index (χ0v) is 15.8. The second-order valence-electron chi connectivity index (χ2n) is 6.82. The molecule has 1 N–H and O–H groups in total. The second kappa shape index (κ2) is 8.53. The van der Waals surface area contributed by atoms with E-state index in [9.17, 15) is 14.4 Å². The average Bonchev–Trinajstić information content (AvgIpc) is 3.20. The molecule has 0 aromatic carbocycles. The Morgan fingerprint density at radius 1 is 1.12 bits per heavy atom. The summed E-state index contributed by atoms with van der Waals surface area (Å²) in [5.41, 5.74) is 0. The zero-order chi connectivity index (χ0) is 18.5. The minimum absolute atomic E-state index is 0.0990. The highest BCUT2D eigenvalue weighted by Crippen LogP contribution is 2.24. The van der Waals surface area contributed by atoms with Crippen molar-refractivity contribution < 1.29 is 19.1 Å². The van der Waals surface area contributed by atoms with Gasteiger partial charge in [-0.3, -0.25) is 14.9 Å². The molecule has 3 rings (SSSR count). The molecule has 3 amide bonds. The highest BCUT2D eigenvalue weighted by Gasteiger charge is 2.34. The molecular weight excluding hydrogens is 354 g/mol. The maximum absolute atomic E-state index is 12.8. The molecule has 26 heavy (non-hydrogen) atoms. The molecule has 142 valence electrons. The predicted molar refractivity (Wildman–Crippen MR) is 99.0 cm³/mol. The number of rotatable bonds is 3. The first-order chi connectivity index (χ1) is 12.6. The van der Waals surface area contributed by atoms with Crippen molar-refractivity contribution >= 4 is 34.2 Å². The molecule has 3 heterocycles. The molecule has 1 aromatic rings. The van der Waals surface area contributed by atoms with Gasteiger partial charge in [0.05, 0.1) is 23.9 Å². The number of hydrogen-bond donors (Lipinski definition) is 1. The van der Waals surface area contributed by atoms with E-state index >= 15 is 0 Å². The lowest BCUT2D eigenvalue weighted by Gasteiger charge is -2.37. The summed E-state index contributed by atoms with van der Waals surface area (Å²) in [5, 5.41) is 5.61. The first-order valence-corrected chi connectivity index (χ1v) is 9.92. The molecule has 0 aliphatic carbocycles. The fraction of sp³-hybridized carbons (Fsp3) is 0.611. The van der Waals surface area contributed by atoms with E-state index in [0.29, 0.717) is 39.0 Å². The summed E-state index contributed by atoms with van der Waals surface area (Å²) in [6, 6.07) is 3.61. The van der Waals surface area contributed by atoms with Crippen molar-refractivity contribution in [2.75, 3.05) is 38.6 Å². The molecule has 0 bridgehead atoms. The summed E-state index contributed by atoms with van der Waals surface area (Å²) < 4.78 is 4.79. The molecule has 0 saturated carbocycles. The van der Waals surface area contributed by atoms with Crippen LogP contribution in [0.25, 0.3) is 0 Å². The number of nitrogens with one attached hydrogen (secondary N) is 1. The van der Waals surface area contributed by atoms with Crippen molar-refractivity contribution in [1.82, 2.24) is 9.80 Å². The van der Waals surface area contributed by atoms with Crippen LogP contribution < -0.4 is 5.32 Å². The van der Waals surface area contributed by atoms with Gasteiger partial charge in [-0.1, -0.05) is 0 Å². The van der Waals surface area contributed by atoms with Crippen LogP contribution in [0.3, 0.4) is 0 Å². The SMILES string of the molecule is COC(=O)C1CCN(C(=O)C2CCCN(C(=O)Nc3cccs3)C2)CC1. The van der Waals surface area contributed by atoms with Gasteiger partial charge in [0.1, 0.15) is 0 Å². The highest BCUT2D eigenvalue weighted by atomic mass is 32.1. The Morgan fingerprint density at radius 2 is 1.88 bits per heavy atom. The number of anilines is 1. The summed E-state index contributed by atoms with van der Waals surface area (Å²) in [5.74, 6) is -0.357. The molecule has 8 heteroatoms. The average molecular weight is 379 g/mol. The number of amides is 3. The van der Waals surface area contributed by atoms with E-state index in [4.69, 9.17) is 4.74 Å². The number of methoxy groups -OCH3 is 1. The number of hydrogen-bond acceptors (Lipinski definition) is 5. The molecule has 2 fully saturated rings. The van der Waals surface area contributed by atoms with Crippen LogP contribution in [0.15, 0.2) is 17.5 Å². The molecule has 1 atom stereocenters. The molecule has 7 nitrogen and oxygen atoms in total. The van der Waals surface area contributed by atoms with Crippen LogP contribution in [0, 0.1) is 11.8 Å². The van der Waals surface area contributed by atoms with E-state index in [1.165, 1.54) is 18.4 Å². The van der Waals surface area contributed by atoms with Gasteiger partial charge in [0, 0.05) is 26.2 Å². The topological polar surface area (TPSA) is 79.0 Å². The largest absolute Gasteiger partial charge is 0.469 e. The van der Waals surface area contributed by atoms with Gasteiger partial charge in [-0.15, -0.1) is 11.3 Å². The third-order valence-electron chi connectivity index (χ3n) is 5.15. The quantitative estimate of drug-likeness (QED) is 0.818. The van der Waals surface area contributed by atoms with Crippen LogP contribution in [-0.4, -0.2) is 61.0 Å². The number of esters is 1. The lowest BCUT2D eigenvalue weighted by atomic mass is 9.93. The second-order valence-corrected chi connectivity index (χ2v) is 7.76. The van der Waals surface area contributed by atoms with Gasteiger partial charge in [0.15, 0.2) is 0 Å². The number of likely N-dealkylation sites (tertiary alicyclic amines) is 2. The number of thiophene rings is 1. The van der Waals surface area contributed by atoms with Gasteiger partial charge in [-0.2, -0.15) is 0 Å². The minimum Gasteiger partial charge on any atom is -0.469 e. The van der Waals surface area contributed by atoms with Crippen LogP contribution in [0.5, 0.6) is 0 Å². The Bertz CT molecular complexity index is 641. The van der Waals surface area contributed by atoms with Gasteiger partial charge < -0.3 is 14.5 Å². The summed E-state index contributed by atoms with van der Waals surface area (Å²) in [4.78, 5) is 40.4. The minimum atomic E-state index is -0.189. The summed E-state index contributed by atoms with van der Waals surface area (Å²) in [6.07, 6.45) is 2.92. The first-order valence-electron chi connectivity index (χ1n) is 9.04. The summed E-state index contributed by atoms with van der Waals surface area (Å²) in [6.45, 7) is 2.28. The summed E-state index contributed by atoms with van der Waals surface area (Å²) >= 11 is 1.48. The van der Waals surface area contributed by atoms with E-state index in [0.717, 1.165) is 17.8 Å². The Labute approximate surface area is 157 Å². The van der Waals surface area contributed by atoms with Crippen molar-refractivity contribution in [2.45, 2.75) is 25.7 Å². The predicted octanol–water partition coefficient (Wildman–Crippen LogP) is 2.40. The van der Waals surface area contributed by atoms with Gasteiger partial charge in [0.2, 0.25) is 5.91 Å². The number of piperidine rings is 2. The molecule has 1 aromatic heterocycles. The fourth-order valence-electron chi connectivity index (χ4n) is 3.66. The standard InChI is InChI=1S/C18H25N3O4S/c1-25-17(23)13-6-9-20(10-7-13)16(22)14-4-2-8-21(12-14)18(24)19-15-5-3-11-26-15/h3,5,11,13-14H,2,4,6-10,12H2,1H3,(H,19,24). The van der Waals surface area contributed by atoms with Crippen LogP contribution in [0.4, 0.5) is 9.80 Å². The Hall–Kier alpha value is -2.09. The zero-order valence-electron chi connectivity index (χ0n) is 15.0. The molecular formula is C18H25N3O4S. The van der Waals surface area contributed by atoms with E-state index < -0.39 is 0 Å². The number of nitrogens with zero attached hydrogens (tertiary/aromatic N) is 2. The molecule has 2 aliphatic rings. The number of carbonyl (C=O) groups is 3. The molecule has 2 aliphatic heterocycles. The lowest BCUT2D eigenvalue weighted by Crippen LogP contribution is -2.49. The van der Waals surface area contributed by atoms with Gasteiger partial charge in [-0.05, 0) is 43.2 Å². The van der Waals surface area contributed by atoms with E-state index in [1.54, 1.807) is 4.90 Å². The van der Waals surface area contributed by atoms with E-state index in [1.807, 2.05) is 22.4 Å². The number of carbonyl (C=O) groups excluding carboxylic acids is 3. The Morgan fingerprint density at radius 3 is 2.54 bits per heavy atom. The number of urea groups is 1. The molecule has 2 saturated heterocycles. The Kier molecular flexibility index (Phi) is 6.13. The maximum Gasteiger partial charge on any atom is 0.322 e.